The zero-order valence-corrected chi connectivity index (χ0v) is 15.2. The highest BCUT2D eigenvalue weighted by molar-refractivity contribution is 5.78. The second kappa shape index (κ2) is 7.84. The molecule has 2 aromatic heterocycles. The SMILES string of the molecule is COCCNC(=O)C1CN(Cc2cc(C)nn2C)Cc2cccn2C1. The summed E-state index contributed by atoms with van der Waals surface area (Å²) < 4.78 is 9.14. The van der Waals surface area contributed by atoms with Gasteiger partial charge in [-0.2, -0.15) is 5.10 Å². The van der Waals surface area contributed by atoms with Crippen LogP contribution in [0.1, 0.15) is 17.1 Å². The molecule has 1 aliphatic heterocycles. The topological polar surface area (TPSA) is 64.3 Å². The van der Waals surface area contributed by atoms with E-state index < -0.39 is 0 Å². The van der Waals surface area contributed by atoms with Crippen LogP contribution in [-0.4, -0.2) is 52.0 Å². The zero-order valence-electron chi connectivity index (χ0n) is 15.2. The molecule has 7 heteroatoms. The zero-order chi connectivity index (χ0) is 17.8. The van der Waals surface area contributed by atoms with Crippen LogP contribution in [0, 0.1) is 12.8 Å². The molecule has 0 saturated heterocycles. The van der Waals surface area contributed by atoms with Crippen LogP contribution in [0.2, 0.25) is 0 Å². The van der Waals surface area contributed by atoms with Gasteiger partial charge in [0, 0.05) is 58.8 Å². The summed E-state index contributed by atoms with van der Waals surface area (Å²) in [6.07, 6.45) is 2.06. The van der Waals surface area contributed by atoms with Crippen LogP contribution >= 0.6 is 0 Å². The van der Waals surface area contributed by atoms with Gasteiger partial charge in [-0.05, 0) is 25.1 Å². The van der Waals surface area contributed by atoms with Crippen molar-refractivity contribution in [3.63, 3.8) is 0 Å². The maximum atomic E-state index is 12.6. The molecule has 1 atom stereocenters. The third kappa shape index (κ3) is 4.29. The summed E-state index contributed by atoms with van der Waals surface area (Å²) in [4.78, 5) is 14.9. The Morgan fingerprint density at radius 2 is 2.28 bits per heavy atom. The number of aromatic nitrogens is 3. The Hall–Kier alpha value is -2.12. The molecule has 2 aromatic rings. The number of methoxy groups -OCH3 is 1. The normalized spacial score (nSPS) is 18.0. The van der Waals surface area contributed by atoms with E-state index in [2.05, 4.69) is 38.2 Å². The first-order valence-corrected chi connectivity index (χ1v) is 8.69. The standard InChI is InChI=1S/C18H27N5O2/c1-14-9-17(21(2)20-14)13-22-10-15(18(24)19-6-8-25-3)11-23-7-4-5-16(23)12-22/h4-5,7,9,15H,6,8,10-13H2,1-3H3,(H,19,24). The minimum atomic E-state index is -0.0835. The van der Waals surface area contributed by atoms with Crippen molar-refractivity contribution in [2.75, 3.05) is 26.8 Å². The minimum absolute atomic E-state index is 0.0835. The lowest BCUT2D eigenvalue weighted by atomic mass is 10.1. The maximum absolute atomic E-state index is 12.6. The second-order valence-electron chi connectivity index (χ2n) is 6.70. The van der Waals surface area contributed by atoms with Crippen molar-refractivity contribution < 1.29 is 9.53 Å². The van der Waals surface area contributed by atoms with Crippen molar-refractivity contribution in [1.29, 1.82) is 0 Å². The lowest BCUT2D eigenvalue weighted by molar-refractivity contribution is -0.126. The van der Waals surface area contributed by atoms with Gasteiger partial charge in [0.1, 0.15) is 0 Å². The number of rotatable bonds is 6. The van der Waals surface area contributed by atoms with Crippen molar-refractivity contribution >= 4 is 5.91 Å². The summed E-state index contributed by atoms with van der Waals surface area (Å²) in [5.41, 5.74) is 3.42. The smallest absolute Gasteiger partial charge is 0.226 e. The number of nitrogens with zero attached hydrogens (tertiary/aromatic N) is 4. The van der Waals surface area contributed by atoms with E-state index in [1.807, 2.05) is 24.7 Å². The van der Waals surface area contributed by atoms with Gasteiger partial charge in [0.25, 0.3) is 0 Å². The van der Waals surface area contributed by atoms with Crippen LogP contribution in [0.5, 0.6) is 0 Å². The largest absolute Gasteiger partial charge is 0.383 e. The Morgan fingerprint density at radius 1 is 1.44 bits per heavy atom. The second-order valence-corrected chi connectivity index (χ2v) is 6.70. The van der Waals surface area contributed by atoms with Crippen molar-refractivity contribution in [1.82, 2.24) is 24.6 Å². The van der Waals surface area contributed by atoms with Crippen molar-refractivity contribution in [3.8, 4) is 0 Å². The molecule has 0 spiro atoms. The highest BCUT2D eigenvalue weighted by Gasteiger charge is 2.27. The van der Waals surface area contributed by atoms with E-state index >= 15 is 0 Å². The van der Waals surface area contributed by atoms with E-state index in [1.54, 1.807) is 7.11 Å². The number of aryl methyl sites for hydroxylation is 2. The third-order valence-corrected chi connectivity index (χ3v) is 4.67. The summed E-state index contributed by atoms with van der Waals surface area (Å²) in [7, 11) is 3.61. The monoisotopic (exact) mass is 345 g/mol. The van der Waals surface area contributed by atoms with E-state index in [0.29, 0.717) is 19.7 Å². The van der Waals surface area contributed by atoms with Crippen LogP contribution in [0.3, 0.4) is 0 Å². The predicted octanol–water partition coefficient (Wildman–Crippen LogP) is 0.925. The number of amides is 1. The van der Waals surface area contributed by atoms with Gasteiger partial charge in [-0.1, -0.05) is 0 Å². The average Bonchev–Trinajstić information content (AvgIpc) is 3.08. The highest BCUT2D eigenvalue weighted by Crippen LogP contribution is 2.19. The summed E-state index contributed by atoms with van der Waals surface area (Å²) in [5.74, 6) is 0.00428. The van der Waals surface area contributed by atoms with E-state index in [9.17, 15) is 4.79 Å². The van der Waals surface area contributed by atoms with E-state index in [1.165, 1.54) is 5.69 Å². The molecule has 0 radical (unpaired) electrons. The predicted molar refractivity (Wildman–Crippen MR) is 94.9 cm³/mol. The molecule has 1 unspecified atom stereocenters. The molecule has 25 heavy (non-hydrogen) atoms. The molecule has 0 aliphatic carbocycles. The minimum Gasteiger partial charge on any atom is -0.383 e. The number of nitrogens with one attached hydrogen (secondary N) is 1. The molecule has 3 rings (SSSR count). The highest BCUT2D eigenvalue weighted by atomic mass is 16.5. The number of fused-ring (bicyclic) bond motifs is 1. The molecule has 1 N–H and O–H groups in total. The fourth-order valence-corrected chi connectivity index (χ4v) is 3.42. The number of hydrogen-bond donors (Lipinski definition) is 1. The Kier molecular flexibility index (Phi) is 5.55. The molecule has 0 aromatic carbocycles. The third-order valence-electron chi connectivity index (χ3n) is 4.67. The van der Waals surface area contributed by atoms with Crippen LogP contribution in [0.15, 0.2) is 24.4 Å². The lowest BCUT2D eigenvalue weighted by Gasteiger charge is -2.23. The van der Waals surface area contributed by atoms with Crippen LogP contribution in [0.25, 0.3) is 0 Å². The van der Waals surface area contributed by atoms with Crippen LogP contribution < -0.4 is 5.32 Å². The number of hydrogen-bond acceptors (Lipinski definition) is 4. The molecule has 3 heterocycles. The number of ether oxygens (including phenoxy) is 1. The van der Waals surface area contributed by atoms with Gasteiger partial charge in [-0.25, -0.2) is 0 Å². The van der Waals surface area contributed by atoms with Crippen LogP contribution in [-0.2, 0) is 36.2 Å². The van der Waals surface area contributed by atoms with Gasteiger partial charge in [-0.3, -0.25) is 14.4 Å². The molecular formula is C18H27N5O2. The van der Waals surface area contributed by atoms with Gasteiger partial charge in [0.15, 0.2) is 0 Å². The number of carbonyl (C=O) groups is 1. The Labute approximate surface area is 148 Å². The van der Waals surface area contributed by atoms with Crippen molar-refractivity contribution in [2.45, 2.75) is 26.6 Å². The first-order chi connectivity index (χ1) is 12.1. The molecule has 1 aliphatic rings. The Balaban J connectivity index is 1.74. The quantitative estimate of drug-likeness (QED) is 0.791. The maximum Gasteiger partial charge on any atom is 0.226 e. The van der Waals surface area contributed by atoms with E-state index in [-0.39, 0.29) is 11.8 Å². The fraction of sp³-hybridized carbons (Fsp3) is 0.556. The first kappa shape index (κ1) is 17.7. The summed E-state index contributed by atoms with van der Waals surface area (Å²) in [6, 6.07) is 6.29. The summed E-state index contributed by atoms with van der Waals surface area (Å²) in [5, 5.41) is 7.41. The average molecular weight is 345 g/mol. The van der Waals surface area contributed by atoms with Crippen LogP contribution in [0.4, 0.5) is 0 Å². The first-order valence-electron chi connectivity index (χ1n) is 8.69. The van der Waals surface area contributed by atoms with E-state index in [0.717, 1.165) is 31.0 Å². The molecular weight excluding hydrogens is 318 g/mol. The Morgan fingerprint density at radius 3 is 3.00 bits per heavy atom. The lowest BCUT2D eigenvalue weighted by Crippen LogP contribution is -2.40. The van der Waals surface area contributed by atoms with Gasteiger partial charge in [0.2, 0.25) is 5.91 Å². The fourth-order valence-electron chi connectivity index (χ4n) is 3.42. The van der Waals surface area contributed by atoms with Gasteiger partial charge in [-0.15, -0.1) is 0 Å². The number of carbonyl (C=O) groups excluding carboxylic acids is 1. The van der Waals surface area contributed by atoms with Gasteiger partial charge < -0.3 is 14.6 Å². The summed E-state index contributed by atoms with van der Waals surface area (Å²) >= 11 is 0. The van der Waals surface area contributed by atoms with E-state index in [4.69, 9.17) is 4.74 Å². The van der Waals surface area contributed by atoms with Gasteiger partial charge in [0.05, 0.1) is 23.9 Å². The molecule has 0 bridgehead atoms. The molecule has 7 nitrogen and oxygen atoms in total. The van der Waals surface area contributed by atoms with Gasteiger partial charge >= 0.3 is 0 Å². The van der Waals surface area contributed by atoms with Crippen molar-refractivity contribution in [3.05, 3.63) is 41.5 Å². The molecule has 0 fully saturated rings. The Bertz CT molecular complexity index is 721. The summed E-state index contributed by atoms with van der Waals surface area (Å²) in [6.45, 7) is 6.13. The molecule has 136 valence electrons. The van der Waals surface area contributed by atoms with Crippen molar-refractivity contribution in [2.24, 2.45) is 13.0 Å². The molecule has 0 saturated carbocycles. The molecule has 1 amide bonds.